The molecular formula is C32H39Cl2N3O6S. The molecule has 1 N–H and O–H groups in total. The van der Waals surface area contributed by atoms with E-state index >= 15 is 0 Å². The Bertz CT molecular complexity index is 1590. The highest BCUT2D eigenvalue weighted by atomic mass is 35.5. The monoisotopic (exact) mass is 663 g/mol. The first kappa shape index (κ1) is 35.0. The molecule has 9 nitrogen and oxygen atoms in total. The summed E-state index contributed by atoms with van der Waals surface area (Å²) in [7, 11) is -1.46. The molecule has 0 saturated heterocycles. The molecule has 0 aliphatic carbocycles. The maximum absolute atomic E-state index is 14.3. The van der Waals surface area contributed by atoms with E-state index in [1.807, 2.05) is 33.8 Å². The van der Waals surface area contributed by atoms with E-state index in [9.17, 15) is 18.0 Å². The molecule has 0 heterocycles. The maximum Gasteiger partial charge on any atom is 0.264 e. The van der Waals surface area contributed by atoms with E-state index in [2.05, 4.69) is 5.32 Å². The minimum Gasteiger partial charge on any atom is -0.493 e. The second kappa shape index (κ2) is 15.0. The number of benzene rings is 3. The minimum atomic E-state index is -4.33. The molecule has 3 aromatic carbocycles. The van der Waals surface area contributed by atoms with Crippen molar-refractivity contribution in [3.8, 4) is 11.5 Å². The lowest BCUT2D eigenvalue weighted by atomic mass is 10.1. The molecular weight excluding hydrogens is 625 g/mol. The standard InChI is InChI=1S/C32H39Cl2N3O6S/c1-8-28(32(39)35-20(2)3)36(18-23-9-10-24(33)16-27(23)34)31(38)19-37(25-14-21(4)13-22(5)15-25)44(40,41)26-11-12-29(42-6)30(17-26)43-7/h9-17,20,28H,8,18-19H2,1-7H3,(H,35,39)/t28-/m1/s1. The Balaban J connectivity index is 2.16. The average Bonchev–Trinajstić information content (AvgIpc) is 2.95. The van der Waals surface area contributed by atoms with Crippen LogP contribution >= 0.6 is 23.2 Å². The number of rotatable bonds is 13. The number of halogens is 2. The first-order valence-electron chi connectivity index (χ1n) is 14.1. The fraction of sp³-hybridized carbons (Fsp3) is 0.375. The van der Waals surface area contributed by atoms with Crippen LogP contribution < -0.4 is 19.1 Å². The lowest BCUT2D eigenvalue weighted by molar-refractivity contribution is -0.140. The molecule has 0 spiro atoms. The first-order valence-corrected chi connectivity index (χ1v) is 16.3. The van der Waals surface area contributed by atoms with Gasteiger partial charge in [0.1, 0.15) is 12.6 Å². The fourth-order valence-corrected chi connectivity index (χ4v) is 6.74. The molecule has 0 aromatic heterocycles. The van der Waals surface area contributed by atoms with Gasteiger partial charge in [-0.2, -0.15) is 0 Å². The van der Waals surface area contributed by atoms with Crippen LogP contribution in [0.2, 0.25) is 10.0 Å². The Labute approximate surface area is 270 Å². The summed E-state index contributed by atoms with van der Waals surface area (Å²) in [5.74, 6) is -0.379. The number of methoxy groups -OCH3 is 2. The van der Waals surface area contributed by atoms with Gasteiger partial charge in [0.25, 0.3) is 10.0 Å². The van der Waals surface area contributed by atoms with E-state index in [1.54, 1.807) is 37.3 Å². The van der Waals surface area contributed by atoms with Crippen LogP contribution in [0, 0.1) is 13.8 Å². The van der Waals surface area contributed by atoms with Gasteiger partial charge in [0.2, 0.25) is 11.8 Å². The van der Waals surface area contributed by atoms with Crippen molar-refractivity contribution < 1.29 is 27.5 Å². The molecule has 12 heteroatoms. The number of carbonyl (C=O) groups excluding carboxylic acids is 2. The van der Waals surface area contributed by atoms with Crippen molar-refractivity contribution in [3.05, 3.63) is 81.3 Å². The van der Waals surface area contributed by atoms with Crippen LogP contribution in [-0.4, -0.2) is 58.0 Å². The first-order chi connectivity index (χ1) is 20.7. The molecule has 0 radical (unpaired) electrons. The Morgan fingerprint density at radius 2 is 1.55 bits per heavy atom. The summed E-state index contributed by atoms with van der Waals surface area (Å²) in [6, 6.07) is 13.3. The number of aryl methyl sites for hydroxylation is 2. The predicted octanol–water partition coefficient (Wildman–Crippen LogP) is 6.15. The molecule has 0 fully saturated rings. The summed E-state index contributed by atoms with van der Waals surface area (Å²) in [6.07, 6.45) is 0.279. The van der Waals surface area contributed by atoms with E-state index < -0.39 is 28.5 Å². The number of hydrogen-bond donors (Lipinski definition) is 1. The molecule has 0 unspecified atom stereocenters. The summed E-state index contributed by atoms with van der Waals surface area (Å²) in [6.45, 7) is 8.49. The van der Waals surface area contributed by atoms with Crippen molar-refractivity contribution in [2.24, 2.45) is 0 Å². The summed E-state index contributed by atoms with van der Waals surface area (Å²) >= 11 is 12.6. The molecule has 238 valence electrons. The molecule has 2 amide bonds. The van der Waals surface area contributed by atoms with Gasteiger partial charge in [0.05, 0.1) is 24.8 Å². The third-order valence-corrected chi connectivity index (χ3v) is 9.25. The van der Waals surface area contributed by atoms with E-state index in [1.165, 1.54) is 37.3 Å². The quantitative estimate of drug-likeness (QED) is 0.235. The van der Waals surface area contributed by atoms with Gasteiger partial charge in [0, 0.05) is 28.7 Å². The van der Waals surface area contributed by atoms with Gasteiger partial charge in [-0.05, 0) is 87.2 Å². The second-order valence-electron chi connectivity index (χ2n) is 10.7. The van der Waals surface area contributed by atoms with Gasteiger partial charge in [0.15, 0.2) is 11.5 Å². The Kier molecular flexibility index (Phi) is 11.9. The number of hydrogen-bond acceptors (Lipinski definition) is 6. The lowest BCUT2D eigenvalue weighted by Gasteiger charge is -2.34. The zero-order valence-corrected chi connectivity index (χ0v) is 28.3. The van der Waals surface area contributed by atoms with Crippen LogP contribution in [0.15, 0.2) is 59.5 Å². The lowest BCUT2D eigenvalue weighted by Crippen LogP contribution is -2.53. The van der Waals surface area contributed by atoms with E-state index in [0.717, 1.165) is 15.4 Å². The van der Waals surface area contributed by atoms with Crippen LogP contribution in [-0.2, 0) is 26.2 Å². The van der Waals surface area contributed by atoms with E-state index in [0.29, 0.717) is 27.0 Å². The number of amides is 2. The van der Waals surface area contributed by atoms with Crippen molar-refractivity contribution >= 4 is 50.7 Å². The Morgan fingerprint density at radius 1 is 0.909 bits per heavy atom. The van der Waals surface area contributed by atoms with Gasteiger partial charge < -0.3 is 19.7 Å². The van der Waals surface area contributed by atoms with Crippen molar-refractivity contribution in [2.45, 2.75) is 64.6 Å². The molecule has 0 aliphatic heterocycles. The number of carbonyl (C=O) groups is 2. The normalized spacial score (nSPS) is 12.0. The number of ether oxygens (including phenoxy) is 2. The highest BCUT2D eigenvalue weighted by Crippen LogP contribution is 2.33. The fourth-order valence-electron chi connectivity index (χ4n) is 4.86. The Hall–Kier alpha value is -3.47. The van der Waals surface area contributed by atoms with E-state index in [-0.39, 0.29) is 35.6 Å². The number of nitrogens with zero attached hydrogens (tertiary/aromatic N) is 2. The zero-order chi connectivity index (χ0) is 32.8. The molecule has 44 heavy (non-hydrogen) atoms. The Morgan fingerprint density at radius 3 is 2.09 bits per heavy atom. The summed E-state index contributed by atoms with van der Waals surface area (Å²) in [5.41, 5.74) is 2.48. The highest BCUT2D eigenvalue weighted by Gasteiger charge is 2.34. The summed E-state index contributed by atoms with van der Waals surface area (Å²) < 4.78 is 40.3. The van der Waals surface area contributed by atoms with Gasteiger partial charge in [-0.15, -0.1) is 0 Å². The topological polar surface area (TPSA) is 105 Å². The number of anilines is 1. The summed E-state index contributed by atoms with van der Waals surface area (Å²) in [4.78, 5) is 28.9. The molecule has 0 aliphatic rings. The third kappa shape index (κ3) is 8.37. The predicted molar refractivity (Wildman–Crippen MR) is 174 cm³/mol. The second-order valence-corrected chi connectivity index (χ2v) is 13.4. The van der Waals surface area contributed by atoms with Gasteiger partial charge in [-0.3, -0.25) is 13.9 Å². The average molecular weight is 665 g/mol. The van der Waals surface area contributed by atoms with Crippen LogP contribution in [0.25, 0.3) is 0 Å². The molecule has 3 aromatic rings. The van der Waals surface area contributed by atoms with Crippen molar-refractivity contribution in [1.82, 2.24) is 10.2 Å². The van der Waals surface area contributed by atoms with Crippen LogP contribution in [0.3, 0.4) is 0 Å². The van der Waals surface area contributed by atoms with Crippen LogP contribution in [0.1, 0.15) is 43.9 Å². The molecule has 3 rings (SSSR count). The molecule has 0 saturated carbocycles. The number of sulfonamides is 1. The maximum atomic E-state index is 14.3. The van der Waals surface area contributed by atoms with Crippen LogP contribution in [0.4, 0.5) is 5.69 Å². The smallest absolute Gasteiger partial charge is 0.264 e. The van der Waals surface area contributed by atoms with Gasteiger partial charge >= 0.3 is 0 Å². The van der Waals surface area contributed by atoms with Crippen LogP contribution in [0.5, 0.6) is 11.5 Å². The highest BCUT2D eigenvalue weighted by molar-refractivity contribution is 7.92. The molecule has 0 bridgehead atoms. The SMILES string of the molecule is CC[C@H](C(=O)NC(C)C)N(Cc1ccc(Cl)cc1Cl)C(=O)CN(c1cc(C)cc(C)c1)S(=O)(=O)c1ccc(OC)c(OC)c1. The largest absolute Gasteiger partial charge is 0.493 e. The van der Waals surface area contributed by atoms with Crippen molar-refractivity contribution in [2.75, 3.05) is 25.1 Å². The molecule has 1 atom stereocenters. The summed E-state index contributed by atoms with van der Waals surface area (Å²) in [5, 5.41) is 3.61. The minimum absolute atomic E-state index is 0.0457. The zero-order valence-electron chi connectivity index (χ0n) is 26.0. The van der Waals surface area contributed by atoms with Crippen molar-refractivity contribution in [3.63, 3.8) is 0 Å². The van der Waals surface area contributed by atoms with Gasteiger partial charge in [-0.25, -0.2) is 8.42 Å². The van der Waals surface area contributed by atoms with E-state index in [4.69, 9.17) is 32.7 Å². The number of nitrogens with one attached hydrogen (secondary N) is 1. The van der Waals surface area contributed by atoms with Gasteiger partial charge in [-0.1, -0.05) is 42.3 Å². The third-order valence-electron chi connectivity index (χ3n) is 6.89. The van der Waals surface area contributed by atoms with Crippen molar-refractivity contribution in [1.29, 1.82) is 0 Å².